The number of nitrogens with one attached hydrogen (secondary N) is 1. The number of benzene rings is 1. The first-order valence-corrected chi connectivity index (χ1v) is 7.29. The van der Waals surface area contributed by atoms with E-state index in [9.17, 15) is 9.59 Å². The molecule has 0 saturated carbocycles. The molecule has 0 spiro atoms. The molecule has 2 heterocycles. The van der Waals surface area contributed by atoms with E-state index in [1.807, 2.05) is 19.1 Å². The zero-order chi connectivity index (χ0) is 16.4. The molecular weight excluding hydrogens is 294 g/mol. The molecule has 0 aliphatic carbocycles. The molecule has 0 atom stereocenters. The highest BCUT2D eigenvalue weighted by atomic mass is 16.3. The van der Waals surface area contributed by atoms with Crippen molar-refractivity contribution in [3.05, 3.63) is 64.0 Å². The molecule has 0 unspecified atom stereocenters. The Morgan fingerprint density at radius 3 is 2.70 bits per heavy atom. The monoisotopic (exact) mass is 311 g/mol. The Morgan fingerprint density at radius 1 is 1.26 bits per heavy atom. The molecule has 6 nitrogen and oxygen atoms in total. The second-order valence-electron chi connectivity index (χ2n) is 5.50. The van der Waals surface area contributed by atoms with Gasteiger partial charge in [0.15, 0.2) is 0 Å². The summed E-state index contributed by atoms with van der Waals surface area (Å²) in [5.41, 5.74) is 1.32. The topological polar surface area (TPSA) is 79.2 Å². The van der Waals surface area contributed by atoms with Crippen molar-refractivity contribution in [3.63, 3.8) is 0 Å². The molecule has 2 aromatic heterocycles. The average molecular weight is 311 g/mol. The molecular formula is C17H17N3O3. The standard InChI is InChI=1S/C17H17N3O3/c1-11-7-8-23-15(11)10-20(2)16(21)9-14-12-5-3-4-6-13(12)17(22)19-18-14/h3-8H,9-10H2,1-2H3,(H,19,22). The number of H-pyrrole nitrogens is 1. The van der Waals surface area contributed by atoms with Gasteiger partial charge in [-0.25, -0.2) is 5.10 Å². The molecule has 1 N–H and O–H groups in total. The molecule has 0 fully saturated rings. The molecule has 1 amide bonds. The number of fused-ring (bicyclic) bond motifs is 1. The number of carbonyl (C=O) groups is 1. The summed E-state index contributed by atoms with van der Waals surface area (Å²) in [6, 6.07) is 9.00. The highest BCUT2D eigenvalue weighted by Crippen LogP contribution is 2.15. The van der Waals surface area contributed by atoms with Gasteiger partial charge in [0.05, 0.1) is 30.3 Å². The summed E-state index contributed by atoms with van der Waals surface area (Å²) in [4.78, 5) is 25.8. The van der Waals surface area contributed by atoms with Gasteiger partial charge in [-0.2, -0.15) is 5.10 Å². The van der Waals surface area contributed by atoms with Crippen LogP contribution >= 0.6 is 0 Å². The SMILES string of the molecule is Cc1ccoc1CN(C)C(=O)Cc1n[nH]c(=O)c2ccccc12. The number of aromatic nitrogens is 2. The van der Waals surface area contributed by atoms with E-state index < -0.39 is 0 Å². The first kappa shape index (κ1) is 15.0. The molecule has 0 saturated heterocycles. The van der Waals surface area contributed by atoms with Gasteiger partial charge in [0.2, 0.25) is 5.91 Å². The fourth-order valence-electron chi connectivity index (χ4n) is 2.45. The van der Waals surface area contributed by atoms with Gasteiger partial charge in [-0.05, 0) is 24.6 Å². The summed E-state index contributed by atoms with van der Waals surface area (Å²) < 4.78 is 5.36. The van der Waals surface area contributed by atoms with Crippen LogP contribution < -0.4 is 5.56 Å². The summed E-state index contributed by atoms with van der Waals surface area (Å²) in [7, 11) is 1.72. The van der Waals surface area contributed by atoms with Crippen LogP contribution in [0, 0.1) is 6.92 Å². The van der Waals surface area contributed by atoms with Gasteiger partial charge >= 0.3 is 0 Å². The largest absolute Gasteiger partial charge is 0.467 e. The minimum atomic E-state index is -0.253. The van der Waals surface area contributed by atoms with E-state index in [1.165, 1.54) is 0 Å². The lowest BCUT2D eigenvalue weighted by molar-refractivity contribution is -0.129. The van der Waals surface area contributed by atoms with Crippen LogP contribution in [0.25, 0.3) is 10.8 Å². The Labute approximate surface area is 132 Å². The summed E-state index contributed by atoms with van der Waals surface area (Å²) in [6.07, 6.45) is 1.73. The number of nitrogens with zero attached hydrogens (tertiary/aromatic N) is 2. The maximum Gasteiger partial charge on any atom is 0.272 e. The Hall–Kier alpha value is -2.89. The molecule has 6 heteroatoms. The second kappa shape index (κ2) is 6.08. The van der Waals surface area contributed by atoms with E-state index in [0.717, 1.165) is 11.3 Å². The van der Waals surface area contributed by atoms with Crippen LogP contribution in [-0.4, -0.2) is 28.1 Å². The smallest absolute Gasteiger partial charge is 0.272 e. The average Bonchev–Trinajstić information content (AvgIpc) is 2.95. The number of likely N-dealkylation sites (N-methyl/N-ethyl adjacent to an activating group) is 1. The van der Waals surface area contributed by atoms with Gasteiger partial charge in [0.1, 0.15) is 5.76 Å². The Kier molecular flexibility index (Phi) is 3.97. The van der Waals surface area contributed by atoms with Gasteiger partial charge < -0.3 is 9.32 Å². The van der Waals surface area contributed by atoms with Crippen LogP contribution in [0.5, 0.6) is 0 Å². The number of rotatable bonds is 4. The zero-order valence-corrected chi connectivity index (χ0v) is 13.0. The molecule has 0 aliphatic heterocycles. The molecule has 0 bridgehead atoms. The lowest BCUT2D eigenvalue weighted by Gasteiger charge is -2.16. The predicted octanol–water partition coefficient (Wildman–Crippen LogP) is 2.03. The Balaban J connectivity index is 1.82. The van der Waals surface area contributed by atoms with E-state index in [1.54, 1.807) is 36.4 Å². The zero-order valence-electron chi connectivity index (χ0n) is 13.0. The van der Waals surface area contributed by atoms with Crippen molar-refractivity contribution in [2.45, 2.75) is 19.9 Å². The highest BCUT2D eigenvalue weighted by Gasteiger charge is 2.16. The molecule has 3 aromatic rings. The number of furan rings is 1. The third-order valence-electron chi connectivity index (χ3n) is 3.87. The van der Waals surface area contributed by atoms with Gasteiger partial charge in [-0.3, -0.25) is 9.59 Å². The molecule has 0 aliphatic rings. The number of aryl methyl sites for hydroxylation is 1. The summed E-state index contributed by atoms with van der Waals surface area (Å²) in [5.74, 6) is 0.672. The van der Waals surface area contributed by atoms with Gasteiger partial charge in [0, 0.05) is 12.4 Å². The van der Waals surface area contributed by atoms with Gasteiger partial charge in [0.25, 0.3) is 5.56 Å². The number of aromatic amines is 1. The van der Waals surface area contributed by atoms with Crippen LogP contribution in [0.4, 0.5) is 0 Å². The van der Waals surface area contributed by atoms with E-state index in [4.69, 9.17) is 4.42 Å². The number of hydrogen-bond acceptors (Lipinski definition) is 4. The van der Waals surface area contributed by atoms with Crippen LogP contribution in [-0.2, 0) is 17.8 Å². The van der Waals surface area contributed by atoms with Crippen LogP contribution in [0.3, 0.4) is 0 Å². The third-order valence-corrected chi connectivity index (χ3v) is 3.87. The Bertz CT molecular complexity index is 911. The van der Waals surface area contributed by atoms with E-state index in [0.29, 0.717) is 23.0 Å². The van der Waals surface area contributed by atoms with Crippen molar-refractivity contribution >= 4 is 16.7 Å². The maximum atomic E-state index is 12.4. The second-order valence-corrected chi connectivity index (χ2v) is 5.50. The van der Waals surface area contributed by atoms with E-state index >= 15 is 0 Å². The van der Waals surface area contributed by atoms with E-state index in [-0.39, 0.29) is 17.9 Å². The van der Waals surface area contributed by atoms with Crippen LogP contribution in [0.2, 0.25) is 0 Å². The summed E-state index contributed by atoms with van der Waals surface area (Å²) >= 11 is 0. The first-order valence-electron chi connectivity index (χ1n) is 7.29. The number of amides is 1. The molecule has 0 radical (unpaired) electrons. The fourth-order valence-corrected chi connectivity index (χ4v) is 2.45. The fraction of sp³-hybridized carbons (Fsp3) is 0.235. The summed E-state index contributed by atoms with van der Waals surface area (Å²) in [5, 5.41) is 7.72. The number of hydrogen-bond donors (Lipinski definition) is 1. The van der Waals surface area contributed by atoms with E-state index in [2.05, 4.69) is 10.2 Å². The number of carbonyl (C=O) groups excluding carboxylic acids is 1. The van der Waals surface area contributed by atoms with Crippen molar-refractivity contribution in [3.8, 4) is 0 Å². The first-order chi connectivity index (χ1) is 11.1. The van der Waals surface area contributed by atoms with Crippen molar-refractivity contribution in [1.29, 1.82) is 0 Å². The van der Waals surface area contributed by atoms with Crippen molar-refractivity contribution in [2.24, 2.45) is 0 Å². The van der Waals surface area contributed by atoms with Crippen molar-refractivity contribution < 1.29 is 9.21 Å². The van der Waals surface area contributed by atoms with Crippen LogP contribution in [0.15, 0.2) is 45.8 Å². The van der Waals surface area contributed by atoms with Crippen molar-refractivity contribution in [2.75, 3.05) is 7.05 Å². The Morgan fingerprint density at radius 2 is 2.00 bits per heavy atom. The molecule has 3 rings (SSSR count). The molecule has 118 valence electrons. The maximum absolute atomic E-state index is 12.4. The third kappa shape index (κ3) is 3.01. The predicted molar refractivity (Wildman–Crippen MR) is 86.0 cm³/mol. The summed E-state index contributed by atoms with van der Waals surface area (Å²) in [6.45, 7) is 2.34. The molecule has 1 aromatic carbocycles. The minimum absolute atomic E-state index is 0.0921. The quantitative estimate of drug-likeness (QED) is 0.799. The van der Waals surface area contributed by atoms with Gasteiger partial charge in [-0.1, -0.05) is 18.2 Å². The van der Waals surface area contributed by atoms with Crippen LogP contribution in [0.1, 0.15) is 17.0 Å². The van der Waals surface area contributed by atoms with Gasteiger partial charge in [-0.15, -0.1) is 0 Å². The lowest BCUT2D eigenvalue weighted by atomic mass is 10.1. The lowest BCUT2D eigenvalue weighted by Crippen LogP contribution is -2.28. The normalized spacial score (nSPS) is 10.9. The molecule has 23 heavy (non-hydrogen) atoms. The van der Waals surface area contributed by atoms with Crippen molar-refractivity contribution in [1.82, 2.24) is 15.1 Å². The highest BCUT2D eigenvalue weighted by molar-refractivity contribution is 5.88. The minimum Gasteiger partial charge on any atom is -0.467 e.